The Bertz CT molecular complexity index is 1010. The van der Waals surface area contributed by atoms with Crippen molar-refractivity contribution in [1.29, 1.82) is 0 Å². The average Bonchev–Trinajstić information content (AvgIpc) is 3.21. The summed E-state index contributed by atoms with van der Waals surface area (Å²) < 4.78 is 42.0. The zero-order chi connectivity index (χ0) is 22.9. The van der Waals surface area contributed by atoms with Gasteiger partial charge in [0.25, 0.3) is 0 Å². The summed E-state index contributed by atoms with van der Waals surface area (Å²) >= 11 is 0. The van der Waals surface area contributed by atoms with E-state index in [0.717, 1.165) is 11.1 Å². The van der Waals surface area contributed by atoms with Crippen molar-refractivity contribution in [2.75, 3.05) is 11.9 Å². The van der Waals surface area contributed by atoms with Crippen LogP contribution in [0.4, 0.5) is 19.2 Å². The van der Waals surface area contributed by atoms with Crippen LogP contribution < -0.4 is 10.1 Å². The summed E-state index contributed by atoms with van der Waals surface area (Å²) in [5.74, 6) is -2.77. The van der Waals surface area contributed by atoms with Crippen LogP contribution in [0.1, 0.15) is 5.56 Å². The van der Waals surface area contributed by atoms with Gasteiger partial charge in [0.1, 0.15) is 5.75 Å². The predicted molar refractivity (Wildman–Crippen MR) is 100 cm³/mol. The molecule has 0 spiro atoms. The van der Waals surface area contributed by atoms with E-state index in [1.807, 2.05) is 36.4 Å². The fourth-order valence-electron chi connectivity index (χ4n) is 2.07. The Kier molecular flexibility index (Phi) is 7.94. The van der Waals surface area contributed by atoms with Crippen LogP contribution in [0.15, 0.2) is 59.1 Å². The summed E-state index contributed by atoms with van der Waals surface area (Å²) in [5, 5.41) is 22.7. The quantitative estimate of drug-likeness (QED) is 0.506. The SMILES string of the molecule is O=C(O)C(F)(F)F.O=C(O)COc1cccc(CNc2nc(-c3ccccc3)no2)c1. The highest BCUT2D eigenvalue weighted by Gasteiger charge is 2.38. The van der Waals surface area contributed by atoms with Crippen LogP contribution >= 0.6 is 0 Å². The molecule has 0 aliphatic carbocycles. The summed E-state index contributed by atoms with van der Waals surface area (Å²) in [6, 6.07) is 17.0. The number of carbonyl (C=O) groups is 2. The molecule has 0 aliphatic heterocycles. The number of carboxylic acids is 2. The van der Waals surface area contributed by atoms with Crippen molar-refractivity contribution in [3.63, 3.8) is 0 Å². The van der Waals surface area contributed by atoms with E-state index in [1.54, 1.807) is 18.2 Å². The maximum Gasteiger partial charge on any atom is 0.490 e. The van der Waals surface area contributed by atoms with E-state index in [4.69, 9.17) is 24.3 Å². The third-order valence-corrected chi connectivity index (χ3v) is 3.41. The van der Waals surface area contributed by atoms with Gasteiger partial charge in [-0.25, -0.2) is 9.59 Å². The van der Waals surface area contributed by atoms with Crippen molar-refractivity contribution >= 4 is 18.0 Å². The Morgan fingerprint density at radius 1 is 1.06 bits per heavy atom. The summed E-state index contributed by atoms with van der Waals surface area (Å²) in [6.45, 7) is 0.0711. The predicted octanol–water partition coefficient (Wildman–Crippen LogP) is 3.45. The summed E-state index contributed by atoms with van der Waals surface area (Å²) in [6.07, 6.45) is -5.08. The number of benzene rings is 2. The van der Waals surface area contributed by atoms with Gasteiger partial charge in [0, 0.05) is 12.1 Å². The van der Waals surface area contributed by atoms with Crippen molar-refractivity contribution in [1.82, 2.24) is 10.1 Å². The molecule has 0 atom stereocenters. The van der Waals surface area contributed by atoms with Crippen LogP contribution in [0.3, 0.4) is 0 Å². The van der Waals surface area contributed by atoms with Gasteiger partial charge < -0.3 is 24.8 Å². The number of hydrogen-bond acceptors (Lipinski definition) is 7. The van der Waals surface area contributed by atoms with Gasteiger partial charge in [-0.05, 0) is 17.7 Å². The zero-order valence-electron chi connectivity index (χ0n) is 15.7. The highest BCUT2D eigenvalue weighted by Crippen LogP contribution is 2.18. The third kappa shape index (κ3) is 8.04. The van der Waals surface area contributed by atoms with Gasteiger partial charge >= 0.3 is 24.1 Å². The van der Waals surface area contributed by atoms with E-state index >= 15 is 0 Å². The molecule has 0 fully saturated rings. The first-order chi connectivity index (χ1) is 14.6. The van der Waals surface area contributed by atoms with Crippen molar-refractivity contribution in [3.8, 4) is 17.1 Å². The first-order valence-corrected chi connectivity index (χ1v) is 8.52. The number of aliphatic carboxylic acids is 2. The number of nitrogens with one attached hydrogen (secondary N) is 1. The van der Waals surface area contributed by atoms with E-state index in [1.165, 1.54) is 0 Å². The molecule has 9 nitrogen and oxygen atoms in total. The fourth-order valence-corrected chi connectivity index (χ4v) is 2.07. The number of anilines is 1. The molecular weight excluding hydrogens is 423 g/mol. The van der Waals surface area contributed by atoms with Crippen LogP contribution in [0.25, 0.3) is 11.4 Å². The van der Waals surface area contributed by atoms with E-state index in [2.05, 4.69) is 15.5 Å². The van der Waals surface area contributed by atoms with E-state index in [0.29, 0.717) is 24.1 Å². The van der Waals surface area contributed by atoms with Crippen LogP contribution in [0.5, 0.6) is 5.75 Å². The van der Waals surface area contributed by atoms with Gasteiger partial charge in [-0.3, -0.25) is 0 Å². The summed E-state index contributed by atoms with van der Waals surface area (Å²) in [5.41, 5.74) is 1.77. The van der Waals surface area contributed by atoms with Crippen LogP contribution in [-0.4, -0.2) is 45.1 Å². The lowest BCUT2D eigenvalue weighted by Crippen LogP contribution is -2.21. The third-order valence-electron chi connectivity index (χ3n) is 3.41. The highest BCUT2D eigenvalue weighted by molar-refractivity contribution is 5.73. The topological polar surface area (TPSA) is 135 Å². The molecule has 3 aromatic rings. The minimum Gasteiger partial charge on any atom is -0.482 e. The van der Waals surface area contributed by atoms with E-state index in [-0.39, 0.29) is 6.61 Å². The molecule has 12 heteroatoms. The Morgan fingerprint density at radius 3 is 2.35 bits per heavy atom. The number of ether oxygens (including phenoxy) is 1. The minimum atomic E-state index is -5.08. The minimum absolute atomic E-state index is 0.311. The van der Waals surface area contributed by atoms with Gasteiger partial charge in [-0.2, -0.15) is 18.2 Å². The number of alkyl halides is 3. The Labute approximate surface area is 173 Å². The largest absolute Gasteiger partial charge is 0.490 e. The van der Waals surface area contributed by atoms with Crippen LogP contribution in [-0.2, 0) is 16.1 Å². The summed E-state index contributed by atoms with van der Waals surface area (Å²) in [7, 11) is 0. The monoisotopic (exact) mass is 439 g/mol. The van der Waals surface area contributed by atoms with Crippen LogP contribution in [0, 0.1) is 0 Å². The molecule has 0 saturated carbocycles. The molecule has 0 aliphatic rings. The standard InChI is InChI=1S/C17H15N3O4.C2HF3O2/c21-15(22)11-23-14-8-4-5-12(9-14)10-18-17-19-16(20-24-17)13-6-2-1-3-7-13;3-2(4,5)1(6)7/h1-9H,10-11H2,(H,21,22)(H,18,19,20);(H,6,7). The maximum atomic E-state index is 10.6. The molecule has 1 heterocycles. The first-order valence-electron chi connectivity index (χ1n) is 8.52. The number of aromatic nitrogens is 2. The molecule has 3 N–H and O–H groups in total. The van der Waals surface area contributed by atoms with Gasteiger partial charge in [0.05, 0.1) is 0 Å². The molecule has 2 aromatic carbocycles. The lowest BCUT2D eigenvalue weighted by molar-refractivity contribution is -0.192. The Hall–Kier alpha value is -4.09. The normalized spacial score (nSPS) is 10.5. The second-order valence-corrected chi connectivity index (χ2v) is 5.78. The fraction of sp³-hybridized carbons (Fsp3) is 0.158. The second kappa shape index (κ2) is 10.6. The van der Waals surface area contributed by atoms with Crippen molar-refractivity contribution in [2.45, 2.75) is 12.7 Å². The van der Waals surface area contributed by atoms with Gasteiger partial charge in [-0.15, -0.1) is 0 Å². The molecule has 0 unspecified atom stereocenters. The molecule has 1 aromatic heterocycles. The summed E-state index contributed by atoms with van der Waals surface area (Å²) in [4.78, 5) is 23.7. The molecule has 0 amide bonds. The molecule has 0 bridgehead atoms. The number of carboxylic acid groups (broad SMARTS) is 2. The van der Waals surface area contributed by atoms with E-state index in [9.17, 15) is 18.0 Å². The molecule has 3 rings (SSSR count). The smallest absolute Gasteiger partial charge is 0.482 e. The molecule has 31 heavy (non-hydrogen) atoms. The lowest BCUT2D eigenvalue weighted by atomic mass is 10.2. The Balaban J connectivity index is 0.000000423. The number of hydrogen-bond donors (Lipinski definition) is 3. The van der Waals surface area contributed by atoms with Crippen molar-refractivity contribution in [2.24, 2.45) is 0 Å². The van der Waals surface area contributed by atoms with Crippen LogP contribution in [0.2, 0.25) is 0 Å². The zero-order valence-corrected chi connectivity index (χ0v) is 15.7. The molecular formula is C19H16F3N3O6. The number of rotatable bonds is 7. The van der Waals surface area contributed by atoms with Gasteiger partial charge in [0.2, 0.25) is 5.82 Å². The number of halogens is 3. The van der Waals surface area contributed by atoms with Crippen molar-refractivity contribution in [3.05, 3.63) is 60.2 Å². The van der Waals surface area contributed by atoms with E-state index < -0.39 is 18.1 Å². The maximum absolute atomic E-state index is 10.6. The number of nitrogens with zero attached hydrogens (tertiary/aromatic N) is 2. The lowest BCUT2D eigenvalue weighted by Gasteiger charge is -2.06. The highest BCUT2D eigenvalue weighted by atomic mass is 19.4. The molecule has 0 radical (unpaired) electrons. The van der Waals surface area contributed by atoms with Gasteiger partial charge in [0.15, 0.2) is 6.61 Å². The molecule has 0 saturated heterocycles. The second-order valence-electron chi connectivity index (χ2n) is 5.78. The van der Waals surface area contributed by atoms with Crippen molar-refractivity contribution < 1.29 is 42.2 Å². The Morgan fingerprint density at radius 2 is 1.74 bits per heavy atom. The van der Waals surface area contributed by atoms with Gasteiger partial charge in [-0.1, -0.05) is 47.6 Å². The first kappa shape index (κ1) is 23.2. The average molecular weight is 439 g/mol. The molecule has 164 valence electrons.